The van der Waals surface area contributed by atoms with Gasteiger partial charge < -0.3 is 15.8 Å². The van der Waals surface area contributed by atoms with Gasteiger partial charge >= 0.3 is 5.97 Å². The number of hydrogen-bond donors (Lipinski definition) is 2. The lowest BCUT2D eigenvalue weighted by atomic mass is 9.87. The number of nitrogens with zero attached hydrogens (tertiary/aromatic N) is 1. The van der Waals surface area contributed by atoms with Gasteiger partial charge in [0, 0.05) is 5.56 Å². The molecule has 2 amide bonds. The summed E-state index contributed by atoms with van der Waals surface area (Å²) < 4.78 is 4.75. The summed E-state index contributed by atoms with van der Waals surface area (Å²) in [6, 6.07) is 12.3. The summed E-state index contributed by atoms with van der Waals surface area (Å²) in [5, 5.41) is 2.62. The zero-order valence-corrected chi connectivity index (χ0v) is 15.8. The summed E-state index contributed by atoms with van der Waals surface area (Å²) in [6.07, 6.45) is 0. The van der Waals surface area contributed by atoms with Gasteiger partial charge in [-0.15, -0.1) is 0 Å². The number of amides is 2. The minimum atomic E-state index is -1.30. The van der Waals surface area contributed by atoms with Gasteiger partial charge in [-0.25, -0.2) is 9.78 Å². The molecule has 1 aromatic heterocycles. The predicted octanol–water partition coefficient (Wildman–Crippen LogP) is 2.16. The highest BCUT2D eigenvalue weighted by atomic mass is 16.5. The summed E-state index contributed by atoms with van der Waals surface area (Å²) in [7, 11) is 1.22. The van der Waals surface area contributed by atoms with Gasteiger partial charge in [-0.05, 0) is 25.0 Å². The van der Waals surface area contributed by atoms with Crippen molar-refractivity contribution in [2.24, 2.45) is 11.7 Å². The van der Waals surface area contributed by atoms with Crippen molar-refractivity contribution in [2.45, 2.75) is 26.3 Å². The van der Waals surface area contributed by atoms with E-state index in [1.807, 2.05) is 30.3 Å². The van der Waals surface area contributed by atoms with Crippen LogP contribution in [0.5, 0.6) is 0 Å². The largest absolute Gasteiger partial charge is 0.465 e. The molecule has 0 spiro atoms. The first kappa shape index (κ1) is 20.1. The Morgan fingerprint density at radius 2 is 1.74 bits per heavy atom. The fraction of sp³-hybridized carbons (Fsp3) is 0.300. The van der Waals surface area contributed by atoms with E-state index in [2.05, 4.69) is 10.3 Å². The molecule has 2 rings (SSSR count). The van der Waals surface area contributed by atoms with Crippen LogP contribution in [0.15, 0.2) is 42.5 Å². The molecule has 7 heteroatoms. The fourth-order valence-corrected chi connectivity index (χ4v) is 2.46. The number of nitrogens with one attached hydrogen (secondary N) is 1. The molecule has 27 heavy (non-hydrogen) atoms. The Kier molecular flexibility index (Phi) is 5.95. The first-order valence-corrected chi connectivity index (χ1v) is 8.48. The standard InChI is InChI=1S/C20H23N3O4/c1-12(2)20(3,19(21)26)23-17(24)16-14(18(25)27-4)10-11-15(22-16)13-8-6-5-7-9-13/h5-12H,1-4H3,(H2,21,26)(H,23,24). The summed E-state index contributed by atoms with van der Waals surface area (Å²) in [6.45, 7) is 5.07. The van der Waals surface area contributed by atoms with Crippen LogP contribution in [-0.4, -0.2) is 35.4 Å². The smallest absolute Gasteiger partial charge is 0.340 e. The zero-order valence-electron chi connectivity index (χ0n) is 15.8. The molecule has 1 atom stereocenters. The van der Waals surface area contributed by atoms with E-state index in [4.69, 9.17) is 10.5 Å². The number of carbonyl (C=O) groups excluding carboxylic acids is 3. The van der Waals surface area contributed by atoms with Gasteiger partial charge in [-0.3, -0.25) is 9.59 Å². The summed E-state index contributed by atoms with van der Waals surface area (Å²) in [5.41, 5.74) is 5.35. The number of esters is 1. The Morgan fingerprint density at radius 3 is 2.26 bits per heavy atom. The van der Waals surface area contributed by atoms with Gasteiger partial charge in [0.2, 0.25) is 5.91 Å². The molecule has 2 aromatic rings. The quantitative estimate of drug-likeness (QED) is 0.758. The van der Waals surface area contributed by atoms with Crippen LogP contribution in [-0.2, 0) is 9.53 Å². The lowest BCUT2D eigenvalue weighted by Crippen LogP contribution is -2.59. The van der Waals surface area contributed by atoms with Crippen molar-refractivity contribution >= 4 is 17.8 Å². The summed E-state index contributed by atoms with van der Waals surface area (Å²) in [4.78, 5) is 41.2. The van der Waals surface area contributed by atoms with E-state index in [-0.39, 0.29) is 17.2 Å². The zero-order chi connectivity index (χ0) is 20.2. The second kappa shape index (κ2) is 7.99. The third-order valence-electron chi connectivity index (χ3n) is 4.62. The molecule has 0 aliphatic rings. The molecular formula is C20H23N3O4. The van der Waals surface area contributed by atoms with Crippen LogP contribution >= 0.6 is 0 Å². The number of pyridine rings is 1. The molecular weight excluding hydrogens is 346 g/mol. The van der Waals surface area contributed by atoms with Crippen molar-refractivity contribution < 1.29 is 19.1 Å². The number of primary amides is 1. The van der Waals surface area contributed by atoms with Gasteiger partial charge in [-0.1, -0.05) is 44.2 Å². The van der Waals surface area contributed by atoms with Crippen molar-refractivity contribution in [1.29, 1.82) is 0 Å². The van der Waals surface area contributed by atoms with Gasteiger partial charge in [0.25, 0.3) is 5.91 Å². The molecule has 0 aliphatic heterocycles. The normalized spacial score (nSPS) is 12.9. The molecule has 142 valence electrons. The highest BCUT2D eigenvalue weighted by Gasteiger charge is 2.37. The van der Waals surface area contributed by atoms with E-state index in [1.54, 1.807) is 19.9 Å². The average molecular weight is 369 g/mol. The van der Waals surface area contributed by atoms with E-state index in [9.17, 15) is 14.4 Å². The van der Waals surface area contributed by atoms with Crippen molar-refractivity contribution in [3.63, 3.8) is 0 Å². The maximum absolute atomic E-state index is 12.9. The second-order valence-electron chi connectivity index (χ2n) is 6.63. The predicted molar refractivity (Wildman–Crippen MR) is 101 cm³/mol. The molecule has 1 heterocycles. The number of ether oxygens (including phenoxy) is 1. The lowest BCUT2D eigenvalue weighted by Gasteiger charge is -2.31. The number of benzene rings is 1. The van der Waals surface area contributed by atoms with Crippen LogP contribution < -0.4 is 11.1 Å². The first-order valence-electron chi connectivity index (χ1n) is 8.48. The summed E-state index contributed by atoms with van der Waals surface area (Å²) in [5.74, 6) is -2.32. The lowest BCUT2D eigenvalue weighted by molar-refractivity contribution is -0.125. The summed E-state index contributed by atoms with van der Waals surface area (Å²) >= 11 is 0. The second-order valence-corrected chi connectivity index (χ2v) is 6.63. The molecule has 0 aliphatic carbocycles. The molecule has 1 unspecified atom stereocenters. The van der Waals surface area contributed by atoms with Crippen molar-refractivity contribution in [2.75, 3.05) is 7.11 Å². The van der Waals surface area contributed by atoms with E-state index >= 15 is 0 Å². The van der Waals surface area contributed by atoms with Crippen molar-refractivity contribution in [1.82, 2.24) is 10.3 Å². The Hall–Kier alpha value is -3.22. The van der Waals surface area contributed by atoms with Gasteiger partial charge in [-0.2, -0.15) is 0 Å². The molecule has 3 N–H and O–H groups in total. The van der Waals surface area contributed by atoms with Crippen LogP contribution in [0.4, 0.5) is 0 Å². The monoisotopic (exact) mass is 369 g/mol. The third-order valence-corrected chi connectivity index (χ3v) is 4.62. The molecule has 0 saturated heterocycles. The van der Waals surface area contributed by atoms with E-state index in [0.717, 1.165) is 5.56 Å². The highest BCUT2D eigenvalue weighted by molar-refractivity contribution is 6.06. The van der Waals surface area contributed by atoms with Crippen LogP contribution in [0.3, 0.4) is 0 Å². The number of nitrogens with two attached hydrogens (primary N) is 1. The Bertz CT molecular complexity index is 865. The van der Waals surface area contributed by atoms with Crippen LogP contribution in [0, 0.1) is 5.92 Å². The third kappa shape index (κ3) is 4.13. The van der Waals surface area contributed by atoms with Crippen LogP contribution in [0.1, 0.15) is 41.6 Å². The van der Waals surface area contributed by atoms with Crippen molar-refractivity contribution in [3.8, 4) is 11.3 Å². The van der Waals surface area contributed by atoms with Crippen LogP contribution in [0.25, 0.3) is 11.3 Å². The Labute approximate surface area is 157 Å². The maximum atomic E-state index is 12.9. The maximum Gasteiger partial charge on any atom is 0.340 e. The topological polar surface area (TPSA) is 111 Å². The molecule has 0 fully saturated rings. The number of rotatable bonds is 6. The van der Waals surface area contributed by atoms with Gasteiger partial charge in [0.15, 0.2) is 0 Å². The molecule has 1 aromatic carbocycles. The van der Waals surface area contributed by atoms with Crippen molar-refractivity contribution in [3.05, 3.63) is 53.7 Å². The van der Waals surface area contributed by atoms with Gasteiger partial charge in [0.05, 0.1) is 18.4 Å². The number of methoxy groups -OCH3 is 1. The SMILES string of the molecule is COC(=O)c1ccc(-c2ccccc2)nc1C(=O)NC(C)(C(N)=O)C(C)C. The minimum absolute atomic E-state index is 0.00487. The minimum Gasteiger partial charge on any atom is -0.465 e. The number of aromatic nitrogens is 1. The fourth-order valence-electron chi connectivity index (χ4n) is 2.46. The highest BCUT2D eigenvalue weighted by Crippen LogP contribution is 2.21. The Morgan fingerprint density at radius 1 is 1.11 bits per heavy atom. The van der Waals surface area contributed by atoms with Gasteiger partial charge in [0.1, 0.15) is 11.2 Å². The first-order chi connectivity index (χ1) is 12.7. The van der Waals surface area contributed by atoms with E-state index in [1.165, 1.54) is 20.1 Å². The number of hydrogen-bond acceptors (Lipinski definition) is 5. The van der Waals surface area contributed by atoms with Crippen LogP contribution in [0.2, 0.25) is 0 Å². The number of carbonyl (C=O) groups is 3. The molecule has 0 bridgehead atoms. The molecule has 0 radical (unpaired) electrons. The Balaban J connectivity index is 2.53. The molecule has 0 saturated carbocycles. The van der Waals surface area contributed by atoms with E-state index < -0.39 is 23.3 Å². The molecule has 7 nitrogen and oxygen atoms in total. The van der Waals surface area contributed by atoms with E-state index in [0.29, 0.717) is 5.69 Å². The average Bonchev–Trinajstić information content (AvgIpc) is 2.67.